The Labute approximate surface area is 181 Å². The van der Waals surface area contributed by atoms with Crippen molar-refractivity contribution in [2.24, 2.45) is 0 Å². The number of hydrogen-bond donors (Lipinski definition) is 0. The highest BCUT2D eigenvalue weighted by atomic mass is 16.5. The first kappa shape index (κ1) is 20.4. The van der Waals surface area contributed by atoms with Crippen LogP contribution in [-0.4, -0.2) is 23.8 Å². The first-order chi connectivity index (χ1) is 15.0. The van der Waals surface area contributed by atoms with E-state index in [0.717, 1.165) is 22.6 Å². The SMILES string of the molecule is COc1ccc(OC)c(C=Cc2nc3ccccc3c(=O)n2-c2ccc(C)c(C)c2)c1. The number of rotatable bonds is 5. The lowest BCUT2D eigenvalue weighted by atomic mass is 10.1. The third-order valence-electron chi connectivity index (χ3n) is 5.40. The topological polar surface area (TPSA) is 53.4 Å². The van der Waals surface area contributed by atoms with Gasteiger partial charge in [0.1, 0.15) is 17.3 Å². The first-order valence-corrected chi connectivity index (χ1v) is 10.0. The van der Waals surface area contributed by atoms with Crippen molar-refractivity contribution in [2.45, 2.75) is 13.8 Å². The van der Waals surface area contributed by atoms with E-state index in [2.05, 4.69) is 6.92 Å². The van der Waals surface area contributed by atoms with E-state index < -0.39 is 0 Å². The Balaban J connectivity index is 1.94. The lowest BCUT2D eigenvalue weighted by Crippen LogP contribution is -2.22. The van der Waals surface area contributed by atoms with Crippen LogP contribution in [0.4, 0.5) is 0 Å². The second kappa shape index (κ2) is 8.48. The Kier molecular flexibility index (Phi) is 5.58. The molecule has 0 aliphatic rings. The van der Waals surface area contributed by atoms with Gasteiger partial charge in [-0.25, -0.2) is 4.98 Å². The monoisotopic (exact) mass is 412 g/mol. The van der Waals surface area contributed by atoms with Gasteiger partial charge in [-0.2, -0.15) is 0 Å². The fourth-order valence-electron chi connectivity index (χ4n) is 3.51. The van der Waals surface area contributed by atoms with E-state index in [1.54, 1.807) is 24.9 Å². The molecule has 0 bridgehead atoms. The molecule has 0 radical (unpaired) electrons. The van der Waals surface area contributed by atoms with Gasteiger partial charge in [-0.05, 0) is 79.6 Å². The largest absolute Gasteiger partial charge is 0.497 e. The fourth-order valence-corrected chi connectivity index (χ4v) is 3.51. The van der Waals surface area contributed by atoms with Crippen molar-refractivity contribution in [3.05, 3.63) is 93.5 Å². The Morgan fingerprint density at radius 3 is 2.42 bits per heavy atom. The molecule has 0 unspecified atom stereocenters. The first-order valence-electron chi connectivity index (χ1n) is 10.0. The minimum atomic E-state index is -0.105. The van der Waals surface area contributed by atoms with Gasteiger partial charge < -0.3 is 9.47 Å². The van der Waals surface area contributed by atoms with Gasteiger partial charge in [0.05, 0.1) is 30.8 Å². The van der Waals surface area contributed by atoms with E-state index in [1.807, 2.05) is 73.7 Å². The van der Waals surface area contributed by atoms with E-state index in [0.29, 0.717) is 22.5 Å². The van der Waals surface area contributed by atoms with Crippen molar-refractivity contribution in [3.8, 4) is 17.2 Å². The van der Waals surface area contributed by atoms with Crippen LogP contribution in [0.2, 0.25) is 0 Å². The van der Waals surface area contributed by atoms with Crippen molar-refractivity contribution in [2.75, 3.05) is 14.2 Å². The molecule has 156 valence electrons. The third kappa shape index (κ3) is 3.94. The summed E-state index contributed by atoms with van der Waals surface area (Å²) in [6.07, 6.45) is 3.72. The number of ether oxygens (including phenoxy) is 2. The summed E-state index contributed by atoms with van der Waals surface area (Å²) < 4.78 is 12.5. The molecular formula is C26H24N2O3. The molecule has 4 aromatic rings. The van der Waals surface area contributed by atoms with Gasteiger partial charge in [0, 0.05) is 5.56 Å². The molecule has 4 rings (SSSR count). The molecule has 31 heavy (non-hydrogen) atoms. The van der Waals surface area contributed by atoms with E-state index in [1.165, 1.54) is 5.56 Å². The van der Waals surface area contributed by atoms with Gasteiger partial charge in [0.15, 0.2) is 0 Å². The van der Waals surface area contributed by atoms with Gasteiger partial charge in [0.2, 0.25) is 0 Å². The van der Waals surface area contributed by atoms with Crippen LogP contribution >= 0.6 is 0 Å². The summed E-state index contributed by atoms with van der Waals surface area (Å²) in [7, 11) is 3.25. The molecule has 0 fully saturated rings. The third-order valence-corrected chi connectivity index (χ3v) is 5.40. The number of aromatic nitrogens is 2. The quantitative estimate of drug-likeness (QED) is 0.453. The minimum Gasteiger partial charge on any atom is -0.497 e. The van der Waals surface area contributed by atoms with Gasteiger partial charge >= 0.3 is 0 Å². The zero-order chi connectivity index (χ0) is 22.0. The maximum absolute atomic E-state index is 13.4. The summed E-state index contributed by atoms with van der Waals surface area (Å²) in [5, 5.41) is 0.580. The average molecular weight is 412 g/mol. The highest BCUT2D eigenvalue weighted by Gasteiger charge is 2.12. The summed E-state index contributed by atoms with van der Waals surface area (Å²) in [6, 6.07) is 18.9. The number of benzene rings is 3. The van der Waals surface area contributed by atoms with Crippen molar-refractivity contribution >= 4 is 23.1 Å². The molecule has 0 N–H and O–H groups in total. The van der Waals surface area contributed by atoms with Crippen molar-refractivity contribution in [1.82, 2.24) is 9.55 Å². The number of fused-ring (bicyclic) bond motifs is 1. The normalized spacial score (nSPS) is 11.2. The number of para-hydroxylation sites is 1. The molecule has 0 amide bonds. The minimum absolute atomic E-state index is 0.105. The van der Waals surface area contributed by atoms with Gasteiger partial charge in [0.25, 0.3) is 5.56 Å². The second-order valence-corrected chi connectivity index (χ2v) is 7.34. The number of nitrogens with zero attached hydrogens (tertiary/aromatic N) is 2. The van der Waals surface area contributed by atoms with Crippen LogP contribution in [0, 0.1) is 13.8 Å². The Morgan fingerprint density at radius 1 is 0.871 bits per heavy atom. The molecule has 0 spiro atoms. The Hall–Kier alpha value is -3.86. The summed E-state index contributed by atoms with van der Waals surface area (Å²) in [6.45, 7) is 4.09. The smallest absolute Gasteiger partial charge is 0.266 e. The fraction of sp³-hybridized carbons (Fsp3) is 0.154. The second-order valence-electron chi connectivity index (χ2n) is 7.34. The van der Waals surface area contributed by atoms with Gasteiger partial charge in [-0.15, -0.1) is 0 Å². The molecule has 0 atom stereocenters. The molecule has 1 aromatic heterocycles. The van der Waals surface area contributed by atoms with Crippen molar-refractivity contribution < 1.29 is 9.47 Å². The number of hydrogen-bond acceptors (Lipinski definition) is 4. The predicted molar refractivity (Wildman–Crippen MR) is 125 cm³/mol. The zero-order valence-electron chi connectivity index (χ0n) is 18.0. The van der Waals surface area contributed by atoms with Crippen LogP contribution in [0.1, 0.15) is 22.5 Å². The molecule has 0 aliphatic heterocycles. The molecule has 0 aliphatic carbocycles. The molecule has 5 nitrogen and oxygen atoms in total. The van der Waals surface area contributed by atoms with E-state index in [4.69, 9.17) is 14.5 Å². The highest BCUT2D eigenvalue weighted by Crippen LogP contribution is 2.26. The van der Waals surface area contributed by atoms with Gasteiger partial charge in [-0.1, -0.05) is 18.2 Å². The average Bonchev–Trinajstić information content (AvgIpc) is 2.79. The van der Waals surface area contributed by atoms with E-state index in [-0.39, 0.29) is 5.56 Å². The molecule has 0 saturated carbocycles. The van der Waals surface area contributed by atoms with Crippen LogP contribution < -0.4 is 15.0 Å². The maximum atomic E-state index is 13.4. The van der Waals surface area contributed by atoms with Crippen LogP contribution in [0.3, 0.4) is 0 Å². The Bertz CT molecular complexity index is 1350. The van der Waals surface area contributed by atoms with Crippen LogP contribution in [-0.2, 0) is 0 Å². The van der Waals surface area contributed by atoms with E-state index >= 15 is 0 Å². The molecule has 1 heterocycles. The van der Waals surface area contributed by atoms with Crippen LogP contribution in [0.25, 0.3) is 28.7 Å². The zero-order valence-corrected chi connectivity index (χ0v) is 18.0. The molecule has 0 saturated heterocycles. The predicted octanol–water partition coefficient (Wildman–Crippen LogP) is 5.19. The van der Waals surface area contributed by atoms with Crippen molar-refractivity contribution in [1.29, 1.82) is 0 Å². The lowest BCUT2D eigenvalue weighted by molar-refractivity contribution is 0.402. The van der Waals surface area contributed by atoms with Gasteiger partial charge in [-0.3, -0.25) is 9.36 Å². The Morgan fingerprint density at radius 2 is 1.68 bits per heavy atom. The molecular weight excluding hydrogens is 388 g/mol. The molecule has 3 aromatic carbocycles. The number of methoxy groups -OCH3 is 2. The number of aryl methyl sites for hydroxylation is 2. The van der Waals surface area contributed by atoms with Crippen molar-refractivity contribution in [3.63, 3.8) is 0 Å². The van der Waals surface area contributed by atoms with E-state index in [9.17, 15) is 4.79 Å². The summed E-state index contributed by atoms with van der Waals surface area (Å²) >= 11 is 0. The standard InChI is InChI=1S/C26H24N2O3/c1-17-9-11-20(15-18(17)2)28-25(27-23-8-6-5-7-22(23)26(28)29)14-10-19-16-21(30-3)12-13-24(19)31-4/h5-16H,1-4H3. The highest BCUT2D eigenvalue weighted by molar-refractivity contribution is 5.80. The summed E-state index contributed by atoms with van der Waals surface area (Å²) in [5.41, 5.74) is 4.45. The summed E-state index contributed by atoms with van der Waals surface area (Å²) in [5.74, 6) is 1.97. The summed E-state index contributed by atoms with van der Waals surface area (Å²) in [4.78, 5) is 18.2. The lowest BCUT2D eigenvalue weighted by Gasteiger charge is -2.13. The van der Waals surface area contributed by atoms with Crippen LogP contribution in [0.5, 0.6) is 11.5 Å². The van der Waals surface area contributed by atoms with Crippen LogP contribution in [0.15, 0.2) is 65.5 Å². The molecule has 5 heteroatoms. The maximum Gasteiger partial charge on any atom is 0.266 e.